The zero-order valence-corrected chi connectivity index (χ0v) is 13.6. The van der Waals surface area contributed by atoms with Gasteiger partial charge in [-0.15, -0.1) is 11.3 Å². The second-order valence-corrected chi connectivity index (χ2v) is 7.44. The average molecular weight is 320 g/mol. The molecule has 0 saturated heterocycles. The lowest BCUT2D eigenvalue weighted by Gasteiger charge is -2.24. The monoisotopic (exact) mass is 320 g/mol. The van der Waals surface area contributed by atoms with E-state index in [-0.39, 0.29) is 18.5 Å². The Kier molecular flexibility index (Phi) is 5.30. The minimum Gasteiger partial charge on any atom is -0.310 e. The van der Waals surface area contributed by atoms with E-state index in [1.807, 2.05) is 13.8 Å². The van der Waals surface area contributed by atoms with Crippen LogP contribution in [-0.4, -0.2) is 11.0 Å². The van der Waals surface area contributed by atoms with Gasteiger partial charge in [0.25, 0.3) is 0 Å². The maximum Gasteiger partial charge on any atom is 0.434 e. The van der Waals surface area contributed by atoms with Crippen molar-refractivity contribution in [1.82, 2.24) is 10.3 Å². The Hall–Kier alpha value is -0.620. The van der Waals surface area contributed by atoms with Crippen molar-refractivity contribution in [2.24, 2.45) is 5.92 Å². The Balaban J connectivity index is 2.22. The lowest BCUT2D eigenvalue weighted by atomic mass is 9.83. The van der Waals surface area contributed by atoms with Gasteiger partial charge in [0.2, 0.25) is 0 Å². The van der Waals surface area contributed by atoms with E-state index >= 15 is 0 Å². The molecule has 2 atom stereocenters. The number of aromatic nitrogens is 1. The maximum atomic E-state index is 13.1. The van der Waals surface area contributed by atoms with E-state index in [2.05, 4.69) is 17.2 Å². The molecule has 21 heavy (non-hydrogen) atoms. The van der Waals surface area contributed by atoms with Gasteiger partial charge in [-0.2, -0.15) is 13.2 Å². The molecule has 1 aromatic heterocycles. The van der Waals surface area contributed by atoms with Crippen LogP contribution < -0.4 is 5.32 Å². The topological polar surface area (TPSA) is 24.9 Å². The lowest BCUT2D eigenvalue weighted by molar-refractivity contribution is -0.141. The Bertz CT molecular complexity index is 468. The largest absolute Gasteiger partial charge is 0.434 e. The number of thiazole rings is 1. The first kappa shape index (κ1) is 16.7. The van der Waals surface area contributed by atoms with Crippen molar-refractivity contribution >= 4 is 11.3 Å². The van der Waals surface area contributed by atoms with Crippen molar-refractivity contribution in [2.45, 2.75) is 71.1 Å². The molecule has 0 aliphatic heterocycles. The van der Waals surface area contributed by atoms with Crippen LogP contribution in [0.4, 0.5) is 13.2 Å². The van der Waals surface area contributed by atoms with Crippen LogP contribution in [0.3, 0.4) is 0 Å². The second-order valence-electron chi connectivity index (χ2n) is 6.33. The summed E-state index contributed by atoms with van der Waals surface area (Å²) in [5.41, 5.74) is -0.686. The molecule has 1 fully saturated rings. The van der Waals surface area contributed by atoms with Gasteiger partial charge in [-0.3, -0.25) is 0 Å². The summed E-state index contributed by atoms with van der Waals surface area (Å²) in [5.74, 6) is 0.784. The van der Waals surface area contributed by atoms with E-state index in [1.165, 1.54) is 17.8 Å². The highest BCUT2D eigenvalue weighted by atomic mass is 32.1. The summed E-state index contributed by atoms with van der Waals surface area (Å²) in [5, 5.41) is 3.75. The van der Waals surface area contributed by atoms with Gasteiger partial charge in [0, 0.05) is 18.5 Å². The van der Waals surface area contributed by atoms with Crippen LogP contribution in [0.2, 0.25) is 0 Å². The molecular weight excluding hydrogens is 297 g/mol. The van der Waals surface area contributed by atoms with Crippen LogP contribution in [0.1, 0.15) is 68.0 Å². The molecule has 0 amide bonds. The molecule has 1 aliphatic rings. The fourth-order valence-corrected chi connectivity index (χ4v) is 4.02. The molecule has 1 saturated carbocycles. The molecule has 6 heteroatoms. The predicted octanol–water partition coefficient (Wildman–Crippen LogP) is 4.95. The van der Waals surface area contributed by atoms with Gasteiger partial charge in [-0.25, -0.2) is 4.98 Å². The summed E-state index contributed by atoms with van der Waals surface area (Å²) in [6.07, 6.45) is -0.167. The fraction of sp³-hybridized carbons (Fsp3) is 0.800. The summed E-state index contributed by atoms with van der Waals surface area (Å²) in [6, 6.07) is 0.159. The molecule has 1 aliphatic carbocycles. The Morgan fingerprint density at radius 1 is 1.33 bits per heavy atom. The summed E-state index contributed by atoms with van der Waals surface area (Å²) in [6.45, 7) is 6.27. The van der Waals surface area contributed by atoms with Gasteiger partial charge in [0.1, 0.15) is 0 Å². The number of nitrogens with one attached hydrogen (secondary N) is 1. The van der Waals surface area contributed by atoms with Gasteiger partial charge in [0.15, 0.2) is 5.69 Å². The molecule has 0 radical (unpaired) electrons. The zero-order valence-electron chi connectivity index (χ0n) is 12.8. The van der Waals surface area contributed by atoms with E-state index in [0.717, 1.165) is 19.3 Å². The van der Waals surface area contributed by atoms with Gasteiger partial charge >= 0.3 is 6.18 Å². The van der Waals surface area contributed by atoms with Crippen LogP contribution in [0.15, 0.2) is 0 Å². The summed E-state index contributed by atoms with van der Waals surface area (Å²) in [7, 11) is 0. The minimum atomic E-state index is -4.36. The average Bonchev–Trinajstić information content (AvgIpc) is 2.80. The number of halogens is 3. The molecule has 120 valence electrons. The smallest absolute Gasteiger partial charge is 0.310 e. The Morgan fingerprint density at radius 3 is 2.62 bits per heavy atom. The third-order valence-corrected chi connectivity index (χ3v) is 5.16. The normalized spacial score (nSPS) is 23.8. The van der Waals surface area contributed by atoms with E-state index in [9.17, 15) is 13.2 Å². The standard InChI is InChI=1S/C15H23F3N2S/c1-9(2)19-8-12-13(15(16,17)18)20-14(21-12)11-6-4-5-10(3)7-11/h9-11,19H,4-8H2,1-3H3. The summed E-state index contributed by atoms with van der Waals surface area (Å²) < 4.78 is 39.4. The van der Waals surface area contributed by atoms with Gasteiger partial charge in [-0.05, 0) is 18.8 Å². The minimum absolute atomic E-state index is 0.159. The molecule has 2 rings (SSSR count). The van der Waals surface area contributed by atoms with Crippen LogP contribution in [0.5, 0.6) is 0 Å². The SMILES string of the molecule is CC1CCCC(c2nc(C(F)(F)F)c(CNC(C)C)s2)C1. The molecule has 1 aromatic rings. The third kappa shape index (κ3) is 4.42. The molecule has 0 spiro atoms. The van der Waals surface area contributed by atoms with E-state index in [0.29, 0.717) is 15.8 Å². The highest BCUT2D eigenvalue weighted by Gasteiger charge is 2.38. The van der Waals surface area contributed by atoms with Crippen molar-refractivity contribution in [3.8, 4) is 0 Å². The first-order valence-corrected chi connectivity index (χ1v) is 8.39. The molecule has 0 bridgehead atoms. The van der Waals surface area contributed by atoms with Crippen molar-refractivity contribution in [3.05, 3.63) is 15.6 Å². The predicted molar refractivity (Wildman–Crippen MR) is 79.5 cm³/mol. The van der Waals surface area contributed by atoms with Crippen molar-refractivity contribution in [2.75, 3.05) is 0 Å². The summed E-state index contributed by atoms with van der Waals surface area (Å²) >= 11 is 1.24. The van der Waals surface area contributed by atoms with Crippen molar-refractivity contribution in [1.29, 1.82) is 0 Å². The molecule has 1 N–H and O–H groups in total. The van der Waals surface area contributed by atoms with E-state index in [4.69, 9.17) is 0 Å². The highest BCUT2D eigenvalue weighted by Crippen LogP contribution is 2.41. The zero-order chi connectivity index (χ0) is 15.6. The highest BCUT2D eigenvalue weighted by molar-refractivity contribution is 7.11. The second kappa shape index (κ2) is 6.65. The van der Waals surface area contributed by atoms with E-state index in [1.54, 1.807) is 0 Å². The molecule has 2 nitrogen and oxygen atoms in total. The molecule has 2 unspecified atom stereocenters. The third-order valence-electron chi connectivity index (χ3n) is 3.94. The van der Waals surface area contributed by atoms with Crippen LogP contribution in [0.25, 0.3) is 0 Å². The van der Waals surface area contributed by atoms with E-state index < -0.39 is 11.9 Å². The number of rotatable bonds is 4. The summed E-state index contributed by atoms with van der Waals surface area (Å²) in [4.78, 5) is 4.29. The van der Waals surface area contributed by atoms with Gasteiger partial charge in [0.05, 0.1) is 9.88 Å². The van der Waals surface area contributed by atoms with Crippen LogP contribution >= 0.6 is 11.3 Å². The number of nitrogens with zero attached hydrogens (tertiary/aromatic N) is 1. The van der Waals surface area contributed by atoms with Gasteiger partial charge < -0.3 is 5.32 Å². The number of hydrogen-bond donors (Lipinski definition) is 1. The quantitative estimate of drug-likeness (QED) is 0.848. The number of hydrogen-bond acceptors (Lipinski definition) is 3. The first-order valence-electron chi connectivity index (χ1n) is 7.57. The molecule has 0 aromatic carbocycles. The van der Waals surface area contributed by atoms with Crippen LogP contribution in [-0.2, 0) is 12.7 Å². The Morgan fingerprint density at radius 2 is 2.05 bits per heavy atom. The maximum absolute atomic E-state index is 13.1. The first-order chi connectivity index (χ1) is 9.77. The lowest BCUT2D eigenvalue weighted by Crippen LogP contribution is -2.23. The van der Waals surface area contributed by atoms with Crippen molar-refractivity contribution < 1.29 is 13.2 Å². The molecular formula is C15H23F3N2S. The van der Waals surface area contributed by atoms with Gasteiger partial charge in [-0.1, -0.05) is 33.6 Å². The Labute approximate surface area is 128 Å². The van der Waals surface area contributed by atoms with Crippen molar-refractivity contribution in [3.63, 3.8) is 0 Å². The molecule has 1 heterocycles. The number of alkyl halides is 3. The fourth-order valence-electron chi connectivity index (χ4n) is 2.84. The van der Waals surface area contributed by atoms with Crippen LogP contribution in [0, 0.1) is 5.92 Å².